The van der Waals surface area contributed by atoms with E-state index in [-0.39, 0.29) is 35.1 Å². The topological polar surface area (TPSA) is 140 Å². The number of aryl methyl sites for hydroxylation is 1. The lowest BCUT2D eigenvalue weighted by Crippen LogP contribution is -2.22. The average molecular weight is 465 g/mol. The van der Waals surface area contributed by atoms with E-state index in [4.69, 9.17) is 9.47 Å². The Hall–Kier alpha value is -3.31. The van der Waals surface area contributed by atoms with Crippen molar-refractivity contribution in [2.75, 3.05) is 20.8 Å². The third-order valence-corrected chi connectivity index (χ3v) is 5.36. The van der Waals surface area contributed by atoms with Gasteiger partial charge in [0.15, 0.2) is 11.4 Å². The van der Waals surface area contributed by atoms with Crippen LogP contribution < -0.4 is 0 Å². The van der Waals surface area contributed by atoms with Crippen molar-refractivity contribution in [3.63, 3.8) is 0 Å². The number of esters is 3. The Morgan fingerprint density at radius 2 is 1.61 bits per heavy atom. The smallest absolute Gasteiger partial charge is 0.361 e. The lowest BCUT2D eigenvalue weighted by Gasteiger charge is -2.26. The molecule has 0 saturated heterocycles. The molecule has 2 heterocycles. The predicted molar refractivity (Wildman–Crippen MR) is 116 cm³/mol. The Kier molecular flexibility index (Phi) is 9.06. The van der Waals surface area contributed by atoms with Crippen LogP contribution in [0.15, 0.2) is 6.20 Å². The molecule has 12 nitrogen and oxygen atoms in total. The fourth-order valence-electron chi connectivity index (χ4n) is 2.91. The van der Waals surface area contributed by atoms with Crippen LogP contribution in [0.2, 0.25) is 0 Å². The third kappa shape index (κ3) is 6.83. The number of carbonyl (C=O) groups is 3. The van der Waals surface area contributed by atoms with Crippen molar-refractivity contribution in [1.82, 2.24) is 30.0 Å². The first-order chi connectivity index (χ1) is 15.6. The number of nitrogens with zero attached hydrogens (tertiary/aromatic N) is 6. The monoisotopic (exact) mass is 464 g/mol. The van der Waals surface area contributed by atoms with Crippen LogP contribution in [0.4, 0.5) is 0 Å². The zero-order valence-corrected chi connectivity index (χ0v) is 20.0. The van der Waals surface area contributed by atoms with Crippen LogP contribution in [-0.4, -0.2) is 68.7 Å². The van der Waals surface area contributed by atoms with Gasteiger partial charge in [-0.3, -0.25) is 0 Å². The second-order valence-electron chi connectivity index (χ2n) is 8.67. The van der Waals surface area contributed by atoms with Gasteiger partial charge in [0.05, 0.1) is 33.1 Å². The summed E-state index contributed by atoms with van der Waals surface area (Å²) in [4.78, 5) is 35.9. The van der Waals surface area contributed by atoms with Gasteiger partial charge in [-0.15, -0.1) is 10.2 Å². The molecule has 0 spiro atoms. The summed E-state index contributed by atoms with van der Waals surface area (Å²) in [7, 11) is 2.41. The quantitative estimate of drug-likeness (QED) is 0.277. The molecular formula is C21H32N6O6. The molecule has 33 heavy (non-hydrogen) atoms. The van der Waals surface area contributed by atoms with E-state index < -0.39 is 17.9 Å². The summed E-state index contributed by atoms with van der Waals surface area (Å²) in [6.07, 6.45) is 4.56. The summed E-state index contributed by atoms with van der Waals surface area (Å²) in [5, 5.41) is 15.5. The van der Waals surface area contributed by atoms with E-state index in [1.807, 2.05) is 6.92 Å². The van der Waals surface area contributed by atoms with Gasteiger partial charge >= 0.3 is 17.9 Å². The van der Waals surface area contributed by atoms with E-state index in [9.17, 15) is 14.4 Å². The number of carbonyl (C=O) groups excluding carboxylic acids is 3. The molecule has 2 aromatic heterocycles. The Labute approximate surface area is 192 Å². The maximum absolute atomic E-state index is 12.2. The first-order valence-electron chi connectivity index (χ1n) is 10.8. The van der Waals surface area contributed by atoms with Crippen LogP contribution in [0.25, 0.3) is 0 Å². The van der Waals surface area contributed by atoms with Crippen molar-refractivity contribution in [2.24, 2.45) is 5.41 Å². The number of hydrogen-bond donors (Lipinski definition) is 0. The van der Waals surface area contributed by atoms with E-state index in [1.54, 1.807) is 10.9 Å². The molecule has 0 aliphatic heterocycles. The fourth-order valence-corrected chi connectivity index (χ4v) is 2.91. The van der Waals surface area contributed by atoms with Crippen molar-refractivity contribution >= 4 is 17.9 Å². The highest BCUT2D eigenvalue weighted by atomic mass is 16.5. The average Bonchev–Trinajstić information content (AvgIpc) is 3.43. The molecule has 0 radical (unpaired) electrons. The van der Waals surface area contributed by atoms with E-state index in [2.05, 4.69) is 46.1 Å². The van der Waals surface area contributed by atoms with Gasteiger partial charge in [0.25, 0.3) is 0 Å². The van der Waals surface area contributed by atoms with Gasteiger partial charge in [-0.25, -0.2) is 23.7 Å². The molecule has 0 aliphatic carbocycles. The van der Waals surface area contributed by atoms with Crippen LogP contribution >= 0.6 is 0 Å². The van der Waals surface area contributed by atoms with Crippen molar-refractivity contribution in [2.45, 2.75) is 66.0 Å². The summed E-state index contributed by atoms with van der Waals surface area (Å²) >= 11 is 0. The van der Waals surface area contributed by atoms with Crippen molar-refractivity contribution in [3.05, 3.63) is 23.3 Å². The van der Waals surface area contributed by atoms with Crippen molar-refractivity contribution in [3.8, 4) is 0 Å². The highest BCUT2D eigenvalue weighted by Crippen LogP contribution is 2.29. The summed E-state index contributed by atoms with van der Waals surface area (Å²) < 4.78 is 17.6. The molecule has 2 aromatic rings. The molecule has 0 saturated carbocycles. The van der Waals surface area contributed by atoms with Crippen LogP contribution in [0, 0.1) is 5.41 Å². The molecule has 0 N–H and O–H groups in total. The molecule has 1 atom stereocenters. The maximum atomic E-state index is 12.2. The number of rotatable bonds is 11. The van der Waals surface area contributed by atoms with Crippen molar-refractivity contribution < 1.29 is 28.6 Å². The van der Waals surface area contributed by atoms with Gasteiger partial charge < -0.3 is 14.2 Å². The van der Waals surface area contributed by atoms with E-state index >= 15 is 0 Å². The molecule has 0 amide bonds. The van der Waals surface area contributed by atoms with Crippen LogP contribution in [-0.2, 0) is 20.8 Å². The minimum Gasteiger partial charge on any atom is -0.464 e. The molecule has 0 aromatic carbocycles. The Morgan fingerprint density at radius 1 is 0.939 bits per heavy atom. The molecule has 0 fully saturated rings. The third-order valence-electron chi connectivity index (χ3n) is 5.36. The molecule has 182 valence electrons. The normalized spacial score (nSPS) is 12.3. The van der Waals surface area contributed by atoms with Crippen LogP contribution in [0.5, 0.6) is 0 Å². The standard InChI is InChI=1S/C21H32N6O6/c1-14(21(2,3)4)27-13-15(22-24-27)18(28)33-12-10-8-7-9-11-26-17(20(30)32-6)16(23-25-26)19(29)31-5/h13-14H,7-12H2,1-6H3. The number of unbranched alkanes of at least 4 members (excludes halogenated alkanes) is 3. The number of aromatic nitrogens is 6. The van der Waals surface area contributed by atoms with E-state index in [1.165, 1.54) is 18.9 Å². The first kappa shape index (κ1) is 25.9. The van der Waals surface area contributed by atoms with Gasteiger partial charge in [-0.1, -0.05) is 37.6 Å². The lowest BCUT2D eigenvalue weighted by atomic mass is 9.88. The molecule has 0 bridgehead atoms. The van der Waals surface area contributed by atoms with E-state index in [0.29, 0.717) is 19.4 Å². The lowest BCUT2D eigenvalue weighted by molar-refractivity contribution is 0.0489. The maximum Gasteiger partial charge on any atom is 0.361 e. The van der Waals surface area contributed by atoms with Gasteiger partial charge in [-0.2, -0.15) is 0 Å². The molecule has 12 heteroatoms. The van der Waals surface area contributed by atoms with Gasteiger partial charge in [0.2, 0.25) is 5.69 Å². The summed E-state index contributed by atoms with van der Waals surface area (Å²) in [5.74, 6) is -1.96. The van der Waals surface area contributed by atoms with Gasteiger partial charge in [0.1, 0.15) is 0 Å². The Bertz CT molecular complexity index is 961. The molecular weight excluding hydrogens is 432 g/mol. The second-order valence-corrected chi connectivity index (χ2v) is 8.67. The Balaban J connectivity index is 1.74. The minimum atomic E-state index is -0.753. The second kappa shape index (κ2) is 11.5. The van der Waals surface area contributed by atoms with Crippen LogP contribution in [0.1, 0.15) is 90.9 Å². The number of hydrogen-bond acceptors (Lipinski definition) is 10. The van der Waals surface area contributed by atoms with Crippen molar-refractivity contribution in [1.29, 1.82) is 0 Å². The van der Waals surface area contributed by atoms with Gasteiger partial charge in [-0.05, 0) is 31.6 Å². The zero-order chi connectivity index (χ0) is 24.6. The summed E-state index contributed by atoms with van der Waals surface area (Å²) in [6.45, 7) is 8.94. The predicted octanol–water partition coefficient (Wildman–Crippen LogP) is 2.47. The zero-order valence-electron chi connectivity index (χ0n) is 20.0. The fraction of sp³-hybridized carbons (Fsp3) is 0.667. The molecule has 2 rings (SSSR count). The summed E-state index contributed by atoms with van der Waals surface area (Å²) in [6, 6.07) is 0.0833. The first-order valence-corrected chi connectivity index (χ1v) is 10.8. The van der Waals surface area contributed by atoms with Gasteiger partial charge in [0, 0.05) is 6.54 Å². The Morgan fingerprint density at radius 3 is 2.24 bits per heavy atom. The van der Waals surface area contributed by atoms with Crippen LogP contribution in [0.3, 0.4) is 0 Å². The molecule has 1 unspecified atom stereocenters. The highest BCUT2D eigenvalue weighted by Gasteiger charge is 2.27. The number of methoxy groups -OCH3 is 2. The highest BCUT2D eigenvalue weighted by molar-refractivity contribution is 6.00. The number of ether oxygens (including phenoxy) is 3. The molecule has 0 aliphatic rings. The summed E-state index contributed by atoms with van der Waals surface area (Å²) in [5.41, 5.74) is -0.0363. The van der Waals surface area contributed by atoms with E-state index in [0.717, 1.165) is 12.8 Å². The largest absolute Gasteiger partial charge is 0.464 e. The minimum absolute atomic E-state index is 0.0143. The SMILES string of the molecule is COC(=O)c1nnn(CCCCCCOC(=O)c2cn(C(C)C(C)(C)C)nn2)c1C(=O)OC.